The van der Waals surface area contributed by atoms with Crippen LogP contribution in [-0.4, -0.2) is 36.8 Å². The average Bonchev–Trinajstić information content (AvgIpc) is 2.76. The van der Waals surface area contributed by atoms with Gasteiger partial charge in [0.05, 0.1) is 11.7 Å². The van der Waals surface area contributed by atoms with Crippen LogP contribution >= 0.6 is 0 Å². The van der Waals surface area contributed by atoms with Gasteiger partial charge in [-0.05, 0) is 18.6 Å². The molecular formula is C13H16F2N2O2. The Morgan fingerprint density at radius 1 is 1.42 bits per heavy atom. The third-order valence-electron chi connectivity index (χ3n) is 3.32. The summed E-state index contributed by atoms with van der Waals surface area (Å²) in [6.45, 7) is 2.82. The molecule has 0 bridgehead atoms. The predicted molar refractivity (Wildman–Crippen MR) is 65.8 cm³/mol. The minimum atomic E-state index is -0.884. The van der Waals surface area contributed by atoms with Crippen LogP contribution in [0.2, 0.25) is 0 Å². The molecule has 6 heteroatoms. The molecule has 4 nitrogen and oxygen atoms in total. The zero-order valence-corrected chi connectivity index (χ0v) is 10.5. The third kappa shape index (κ3) is 3.08. The molecule has 0 saturated carbocycles. The molecule has 0 aromatic heterocycles. The Morgan fingerprint density at radius 2 is 2.16 bits per heavy atom. The van der Waals surface area contributed by atoms with E-state index in [2.05, 4.69) is 10.6 Å². The molecule has 2 rings (SSSR count). The highest BCUT2D eigenvalue weighted by atomic mass is 19.1. The van der Waals surface area contributed by atoms with Crippen molar-refractivity contribution in [1.29, 1.82) is 0 Å². The smallest absolute Gasteiger partial charge is 0.254 e. The van der Waals surface area contributed by atoms with Gasteiger partial charge in [0, 0.05) is 31.6 Å². The first-order valence-corrected chi connectivity index (χ1v) is 6.11. The van der Waals surface area contributed by atoms with Crippen LogP contribution in [0, 0.1) is 24.5 Å². The second-order valence-electron chi connectivity index (χ2n) is 4.78. The van der Waals surface area contributed by atoms with Crippen molar-refractivity contribution in [3.63, 3.8) is 0 Å². The number of hydrogen-bond acceptors (Lipinski definition) is 3. The van der Waals surface area contributed by atoms with Crippen molar-refractivity contribution in [2.75, 3.05) is 19.6 Å². The summed E-state index contributed by atoms with van der Waals surface area (Å²) in [5, 5.41) is 15.1. The number of aliphatic hydroxyl groups excluding tert-OH is 1. The Kier molecular flexibility index (Phi) is 4.11. The first-order valence-electron chi connectivity index (χ1n) is 6.11. The number of amides is 1. The number of β-amino-alcohol motifs (C(OH)–C–C–N with tert-alkyl or cyclic N) is 1. The molecule has 1 saturated heterocycles. The fourth-order valence-corrected chi connectivity index (χ4v) is 2.08. The van der Waals surface area contributed by atoms with Gasteiger partial charge in [-0.1, -0.05) is 0 Å². The summed E-state index contributed by atoms with van der Waals surface area (Å²) in [5.41, 5.74) is 0.0356. The van der Waals surface area contributed by atoms with Gasteiger partial charge in [0.15, 0.2) is 0 Å². The van der Waals surface area contributed by atoms with Gasteiger partial charge in [0.25, 0.3) is 5.91 Å². The molecule has 0 spiro atoms. The molecule has 19 heavy (non-hydrogen) atoms. The van der Waals surface area contributed by atoms with E-state index < -0.39 is 23.6 Å². The van der Waals surface area contributed by atoms with E-state index in [0.717, 1.165) is 0 Å². The SMILES string of the molecule is Cc1cc(C(=O)NCC2CNCC2O)c(F)cc1F. The molecule has 2 unspecified atom stereocenters. The lowest BCUT2D eigenvalue weighted by atomic mass is 10.1. The van der Waals surface area contributed by atoms with Crippen LogP contribution in [-0.2, 0) is 0 Å². The Bertz CT molecular complexity index is 494. The van der Waals surface area contributed by atoms with Gasteiger partial charge in [0.1, 0.15) is 11.6 Å². The lowest BCUT2D eigenvalue weighted by Gasteiger charge is -2.14. The number of rotatable bonds is 3. The van der Waals surface area contributed by atoms with E-state index in [9.17, 15) is 18.7 Å². The molecule has 0 radical (unpaired) electrons. The maximum atomic E-state index is 13.5. The van der Waals surface area contributed by atoms with Crippen LogP contribution in [0.4, 0.5) is 8.78 Å². The first-order chi connectivity index (χ1) is 8.99. The van der Waals surface area contributed by atoms with Gasteiger partial charge < -0.3 is 15.7 Å². The summed E-state index contributed by atoms with van der Waals surface area (Å²) >= 11 is 0. The highest BCUT2D eigenvalue weighted by Gasteiger charge is 2.25. The molecule has 104 valence electrons. The van der Waals surface area contributed by atoms with Gasteiger partial charge in [-0.2, -0.15) is 0 Å². The van der Waals surface area contributed by atoms with Crippen LogP contribution in [0.1, 0.15) is 15.9 Å². The van der Waals surface area contributed by atoms with E-state index in [0.29, 0.717) is 19.2 Å². The summed E-state index contributed by atoms with van der Waals surface area (Å²) in [5.74, 6) is -2.25. The Labute approximate surface area is 109 Å². The lowest BCUT2D eigenvalue weighted by Crippen LogP contribution is -2.34. The zero-order chi connectivity index (χ0) is 14.0. The summed E-state index contributed by atoms with van der Waals surface area (Å²) in [4.78, 5) is 11.8. The summed E-state index contributed by atoms with van der Waals surface area (Å²) in [6.07, 6.45) is -0.514. The molecule has 0 aliphatic carbocycles. The van der Waals surface area contributed by atoms with Crippen molar-refractivity contribution in [2.45, 2.75) is 13.0 Å². The summed E-state index contributed by atoms with van der Waals surface area (Å²) in [7, 11) is 0. The maximum absolute atomic E-state index is 13.5. The number of benzene rings is 1. The Morgan fingerprint density at radius 3 is 2.79 bits per heavy atom. The van der Waals surface area contributed by atoms with Gasteiger partial charge in [-0.15, -0.1) is 0 Å². The molecule has 1 heterocycles. The quantitative estimate of drug-likeness (QED) is 0.753. The number of carbonyl (C=O) groups excluding carboxylic acids is 1. The summed E-state index contributed by atoms with van der Waals surface area (Å²) in [6, 6.07) is 1.89. The molecule has 1 aromatic rings. The van der Waals surface area contributed by atoms with E-state index in [4.69, 9.17) is 0 Å². The molecule has 1 aliphatic heterocycles. The van der Waals surface area contributed by atoms with Gasteiger partial charge in [0.2, 0.25) is 0 Å². The highest BCUT2D eigenvalue weighted by molar-refractivity contribution is 5.94. The van der Waals surface area contributed by atoms with Crippen molar-refractivity contribution in [3.05, 3.63) is 34.9 Å². The normalized spacial score (nSPS) is 22.5. The van der Waals surface area contributed by atoms with Crippen LogP contribution < -0.4 is 10.6 Å². The predicted octanol–water partition coefficient (Wildman–Crippen LogP) is 0.583. The molecule has 3 N–H and O–H groups in total. The number of carbonyl (C=O) groups is 1. The third-order valence-corrected chi connectivity index (χ3v) is 3.32. The van der Waals surface area contributed by atoms with Crippen LogP contribution in [0.5, 0.6) is 0 Å². The first kappa shape index (κ1) is 13.9. The number of aryl methyl sites for hydroxylation is 1. The van der Waals surface area contributed by atoms with E-state index in [1.54, 1.807) is 0 Å². The molecule has 1 aromatic carbocycles. The highest BCUT2D eigenvalue weighted by Crippen LogP contribution is 2.14. The number of hydrogen-bond donors (Lipinski definition) is 3. The summed E-state index contributed by atoms with van der Waals surface area (Å²) < 4.78 is 26.6. The van der Waals surface area contributed by atoms with Crippen LogP contribution in [0.25, 0.3) is 0 Å². The lowest BCUT2D eigenvalue weighted by molar-refractivity contribution is 0.0923. The molecular weight excluding hydrogens is 254 g/mol. The number of nitrogens with one attached hydrogen (secondary N) is 2. The van der Waals surface area contributed by atoms with Crippen molar-refractivity contribution in [2.24, 2.45) is 5.92 Å². The number of halogens is 2. The van der Waals surface area contributed by atoms with Crippen molar-refractivity contribution in [3.8, 4) is 0 Å². The minimum Gasteiger partial charge on any atom is -0.391 e. The molecule has 1 amide bonds. The average molecular weight is 270 g/mol. The van der Waals surface area contributed by atoms with Crippen molar-refractivity contribution < 1.29 is 18.7 Å². The second kappa shape index (κ2) is 5.63. The van der Waals surface area contributed by atoms with Gasteiger partial charge in [-0.25, -0.2) is 8.78 Å². The monoisotopic (exact) mass is 270 g/mol. The van der Waals surface area contributed by atoms with E-state index in [1.807, 2.05) is 0 Å². The minimum absolute atomic E-state index is 0.0893. The fraction of sp³-hybridized carbons (Fsp3) is 0.462. The van der Waals surface area contributed by atoms with Crippen molar-refractivity contribution >= 4 is 5.91 Å². The molecule has 1 aliphatic rings. The largest absolute Gasteiger partial charge is 0.391 e. The van der Waals surface area contributed by atoms with Crippen molar-refractivity contribution in [1.82, 2.24) is 10.6 Å². The van der Waals surface area contributed by atoms with Crippen LogP contribution in [0.15, 0.2) is 12.1 Å². The number of aliphatic hydroxyl groups is 1. The molecule has 1 fully saturated rings. The van der Waals surface area contributed by atoms with Crippen LogP contribution in [0.3, 0.4) is 0 Å². The van der Waals surface area contributed by atoms with E-state index in [1.165, 1.54) is 13.0 Å². The fourth-order valence-electron chi connectivity index (χ4n) is 2.08. The van der Waals surface area contributed by atoms with E-state index in [-0.39, 0.29) is 23.6 Å². The molecule has 2 atom stereocenters. The Balaban J connectivity index is 2.02. The zero-order valence-electron chi connectivity index (χ0n) is 10.5. The topological polar surface area (TPSA) is 61.4 Å². The van der Waals surface area contributed by atoms with Gasteiger partial charge >= 0.3 is 0 Å². The van der Waals surface area contributed by atoms with E-state index >= 15 is 0 Å². The maximum Gasteiger partial charge on any atom is 0.254 e. The Hall–Kier alpha value is -1.53. The van der Waals surface area contributed by atoms with Gasteiger partial charge in [-0.3, -0.25) is 4.79 Å². The standard InChI is InChI=1S/C13H16F2N2O2/c1-7-2-9(11(15)3-10(7)14)13(19)17-5-8-4-16-6-12(8)18/h2-3,8,12,16,18H,4-6H2,1H3,(H,17,19). The second-order valence-corrected chi connectivity index (χ2v) is 4.78.